The van der Waals surface area contributed by atoms with Crippen molar-refractivity contribution in [1.29, 1.82) is 0 Å². The maximum atomic E-state index is 12.2. The Hall–Kier alpha value is -3.42. The highest BCUT2D eigenvalue weighted by atomic mass is 16.6. The van der Waals surface area contributed by atoms with E-state index in [1.807, 2.05) is 0 Å². The molecule has 8 heteroatoms. The Morgan fingerprint density at radius 2 is 1.92 bits per heavy atom. The molecule has 0 heterocycles. The molecule has 0 aromatic heterocycles. The zero-order valence-electron chi connectivity index (χ0n) is 13.6. The first-order valence-electron chi connectivity index (χ1n) is 7.29. The number of rotatable bonds is 7. The topological polar surface area (TPSA) is 108 Å². The van der Waals surface area contributed by atoms with E-state index < -0.39 is 16.9 Å². The minimum atomic E-state index is -0.915. The van der Waals surface area contributed by atoms with Crippen LogP contribution in [-0.2, 0) is 4.79 Å². The summed E-state index contributed by atoms with van der Waals surface area (Å²) < 4.78 is 10.5. The van der Waals surface area contributed by atoms with Crippen molar-refractivity contribution >= 4 is 23.6 Å². The molecular formula is C17H16N2O6. The SMILES string of the molecule is COc1ccc(NC(=O)[C@H](C)Oc2ccc([N+](=O)[O-])cc2C=O)cc1. The highest BCUT2D eigenvalue weighted by Crippen LogP contribution is 2.24. The fourth-order valence-corrected chi connectivity index (χ4v) is 2.01. The number of benzene rings is 2. The number of carbonyl (C=O) groups is 2. The van der Waals surface area contributed by atoms with Crippen molar-refractivity contribution in [2.45, 2.75) is 13.0 Å². The van der Waals surface area contributed by atoms with Gasteiger partial charge in [-0.3, -0.25) is 19.7 Å². The molecule has 0 aliphatic carbocycles. The van der Waals surface area contributed by atoms with Gasteiger partial charge in [0.05, 0.1) is 17.6 Å². The lowest BCUT2D eigenvalue weighted by Gasteiger charge is -2.16. The average Bonchev–Trinajstić information content (AvgIpc) is 2.62. The predicted molar refractivity (Wildman–Crippen MR) is 90.2 cm³/mol. The van der Waals surface area contributed by atoms with Crippen LogP contribution in [0.25, 0.3) is 0 Å². The number of nitrogens with zero attached hydrogens (tertiary/aromatic N) is 1. The quantitative estimate of drug-likeness (QED) is 0.470. The van der Waals surface area contributed by atoms with Crippen LogP contribution in [0.15, 0.2) is 42.5 Å². The number of nitro groups is 1. The molecule has 0 bridgehead atoms. The second-order valence-electron chi connectivity index (χ2n) is 5.07. The number of hydrogen-bond acceptors (Lipinski definition) is 6. The van der Waals surface area contributed by atoms with Crippen LogP contribution in [0.1, 0.15) is 17.3 Å². The maximum Gasteiger partial charge on any atom is 0.270 e. The third-order valence-electron chi connectivity index (χ3n) is 3.36. The van der Waals surface area contributed by atoms with Crippen molar-refractivity contribution in [1.82, 2.24) is 0 Å². The summed E-state index contributed by atoms with van der Waals surface area (Å²) >= 11 is 0. The summed E-state index contributed by atoms with van der Waals surface area (Å²) in [6.07, 6.45) is -0.474. The van der Waals surface area contributed by atoms with E-state index in [0.717, 1.165) is 6.07 Å². The largest absolute Gasteiger partial charge is 0.497 e. The summed E-state index contributed by atoms with van der Waals surface area (Å²) in [5.74, 6) is 0.321. The van der Waals surface area contributed by atoms with Crippen LogP contribution in [0.4, 0.5) is 11.4 Å². The molecule has 1 atom stereocenters. The lowest BCUT2D eigenvalue weighted by Crippen LogP contribution is -2.30. The second kappa shape index (κ2) is 7.91. The van der Waals surface area contributed by atoms with Gasteiger partial charge in [-0.1, -0.05) is 0 Å². The van der Waals surface area contributed by atoms with Gasteiger partial charge in [-0.15, -0.1) is 0 Å². The lowest BCUT2D eigenvalue weighted by molar-refractivity contribution is -0.384. The van der Waals surface area contributed by atoms with E-state index in [1.165, 1.54) is 19.1 Å². The average molecular weight is 344 g/mol. The van der Waals surface area contributed by atoms with Gasteiger partial charge in [-0.25, -0.2) is 0 Å². The smallest absolute Gasteiger partial charge is 0.270 e. The van der Waals surface area contributed by atoms with E-state index in [9.17, 15) is 19.7 Å². The molecule has 2 aromatic carbocycles. The molecule has 2 rings (SSSR count). The minimum Gasteiger partial charge on any atom is -0.497 e. The van der Waals surface area contributed by atoms with Crippen LogP contribution < -0.4 is 14.8 Å². The van der Waals surface area contributed by atoms with Crippen molar-refractivity contribution in [2.24, 2.45) is 0 Å². The molecule has 0 aliphatic heterocycles. The molecule has 1 amide bonds. The first-order chi connectivity index (χ1) is 11.9. The molecule has 2 aromatic rings. The number of anilines is 1. The Bertz CT molecular complexity index is 788. The molecule has 25 heavy (non-hydrogen) atoms. The first-order valence-corrected chi connectivity index (χ1v) is 7.29. The van der Waals surface area contributed by atoms with Gasteiger partial charge in [0.1, 0.15) is 11.5 Å². The fourth-order valence-electron chi connectivity index (χ4n) is 2.01. The maximum absolute atomic E-state index is 12.2. The normalized spacial score (nSPS) is 11.3. The summed E-state index contributed by atoms with van der Waals surface area (Å²) in [6.45, 7) is 1.51. The summed E-state index contributed by atoms with van der Waals surface area (Å²) in [6, 6.07) is 10.3. The van der Waals surface area contributed by atoms with Crippen molar-refractivity contribution in [3.8, 4) is 11.5 Å². The zero-order valence-corrected chi connectivity index (χ0v) is 13.6. The second-order valence-corrected chi connectivity index (χ2v) is 5.07. The number of non-ortho nitro benzene ring substituents is 1. The molecule has 130 valence electrons. The summed E-state index contributed by atoms with van der Waals surface area (Å²) in [4.78, 5) is 33.4. The molecule has 1 N–H and O–H groups in total. The van der Waals surface area contributed by atoms with Crippen molar-refractivity contribution < 1.29 is 24.0 Å². The molecule has 0 saturated heterocycles. The van der Waals surface area contributed by atoms with Gasteiger partial charge in [-0.2, -0.15) is 0 Å². The van der Waals surface area contributed by atoms with E-state index in [-0.39, 0.29) is 17.0 Å². The van der Waals surface area contributed by atoms with Gasteiger partial charge >= 0.3 is 0 Å². The molecule has 0 radical (unpaired) electrons. The number of amides is 1. The third kappa shape index (κ3) is 4.54. The van der Waals surface area contributed by atoms with Crippen LogP contribution >= 0.6 is 0 Å². The Kier molecular flexibility index (Phi) is 5.67. The first kappa shape index (κ1) is 17.9. The number of hydrogen-bond donors (Lipinski definition) is 1. The number of methoxy groups -OCH3 is 1. The summed E-state index contributed by atoms with van der Waals surface area (Å²) in [5.41, 5.74) is 0.323. The molecule has 8 nitrogen and oxygen atoms in total. The van der Waals surface area contributed by atoms with Gasteiger partial charge in [-0.05, 0) is 37.3 Å². The minimum absolute atomic E-state index is 0.00158. The Balaban J connectivity index is 2.07. The summed E-state index contributed by atoms with van der Waals surface area (Å²) in [5, 5.41) is 13.4. The molecule has 0 unspecified atom stereocenters. The van der Waals surface area contributed by atoms with Crippen molar-refractivity contribution in [2.75, 3.05) is 12.4 Å². The monoisotopic (exact) mass is 344 g/mol. The molecule has 0 fully saturated rings. The predicted octanol–water partition coefficient (Wildman–Crippen LogP) is 2.82. The van der Waals surface area contributed by atoms with E-state index in [0.29, 0.717) is 17.7 Å². The van der Waals surface area contributed by atoms with Crippen LogP contribution in [0.3, 0.4) is 0 Å². The van der Waals surface area contributed by atoms with E-state index in [2.05, 4.69) is 5.32 Å². The fraction of sp³-hybridized carbons (Fsp3) is 0.176. The van der Waals surface area contributed by atoms with E-state index in [4.69, 9.17) is 9.47 Å². The van der Waals surface area contributed by atoms with E-state index >= 15 is 0 Å². The van der Waals surface area contributed by atoms with Crippen LogP contribution in [-0.4, -0.2) is 30.3 Å². The van der Waals surface area contributed by atoms with Crippen molar-refractivity contribution in [3.63, 3.8) is 0 Å². The lowest BCUT2D eigenvalue weighted by atomic mass is 10.2. The Morgan fingerprint density at radius 3 is 2.48 bits per heavy atom. The molecule has 0 aliphatic rings. The number of nitrogens with one attached hydrogen (secondary N) is 1. The van der Waals surface area contributed by atoms with E-state index in [1.54, 1.807) is 31.4 Å². The van der Waals surface area contributed by atoms with Gasteiger partial charge in [0, 0.05) is 17.8 Å². The van der Waals surface area contributed by atoms with Crippen molar-refractivity contribution in [3.05, 3.63) is 58.1 Å². The number of nitro benzene ring substituents is 1. The van der Waals surface area contributed by atoms with Crippen LogP contribution in [0.5, 0.6) is 11.5 Å². The third-order valence-corrected chi connectivity index (χ3v) is 3.36. The Labute approximate surface area is 143 Å². The van der Waals surface area contributed by atoms with Crippen LogP contribution in [0.2, 0.25) is 0 Å². The standard InChI is InChI=1S/C17H16N2O6/c1-11(17(21)18-13-3-6-15(24-2)7-4-13)25-16-8-5-14(19(22)23)9-12(16)10-20/h3-11H,1-2H3,(H,18,21)/t11-/m0/s1. The molecule has 0 saturated carbocycles. The highest BCUT2D eigenvalue weighted by molar-refractivity contribution is 5.94. The summed E-state index contributed by atoms with van der Waals surface area (Å²) in [7, 11) is 1.54. The highest BCUT2D eigenvalue weighted by Gasteiger charge is 2.18. The molecule has 0 spiro atoms. The van der Waals surface area contributed by atoms with Gasteiger partial charge in [0.15, 0.2) is 12.4 Å². The zero-order chi connectivity index (χ0) is 18.4. The number of aldehydes is 1. The Morgan fingerprint density at radius 1 is 1.24 bits per heavy atom. The molecular weight excluding hydrogens is 328 g/mol. The van der Waals surface area contributed by atoms with Crippen LogP contribution in [0, 0.1) is 10.1 Å². The van der Waals surface area contributed by atoms with Gasteiger partial charge < -0.3 is 14.8 Å². The number of carbonyl (C=O) groups excluding carboxylic acids is 2. The number of ether oxygens (including phenoxy) is 2. The van der Waals surface area contributed by atoms with Gasteiger partial charge in [0.25, 0.3) is 11.6 Å². The van der Waals surface area contributed by atoms with Gasteiger partial charge in [0.2, 0.25) is 0 Å².